The molecule has 3 aromatic rings. The predicted molar refractivity (Wildman–Crippen MR) is 76.0 cm³/mol. The van der Waals surface area contributed by atoms with E-state index >= 15 is 0 Å². The molecule has 0 aliphatic rings. The van der Waals surface area contributed by atoms with Crippen LogP contribution in [-0.4, -0.2) is 5.11 Å². The average molecular weight is 270 g/mol. The summed E-state index contributed by atoms with van der Waals surface area (Å²) < 4.78 is 18.5. The van der Waals surface area contributed by atoms with Crippen LogP contribution in [0.4, 0.5) is 4.39 Å². The fraction of sp³-hybridized carbons (Fsp3) is 0.176. The largest absolute Gasteiger partial charge is 0.461 e. The van der Waals surface area contributed by atoms with E-state index < -0.39 is 6.10 Å². The molecule has 1 heterocycles. The minimum absolute atomic E-state index is 0.270. The van der Waals surface area contributed by atoms with Gasteiger partial charge in [0.05, 0.1) is 6.10 Å². The summed E-state index contributed by atoms with van der Waals surface area (Å²) >= 11 is 0. The van der Waals surface area contributed by atoms with E-state index in [9.17, 15) is 9.50 Å². The Hall–Kier alpha value is -2.13. The van der Waals surface area contributed by atoms with E-state index in [0.717, 1.165) is 27.9 Å². The van der Waals surface area contributed by atoms with E-state index in [1.165, 1.54) is 12.1 Å². The van der Waals surface area contributed by atoms with Gasteiger partial charge < -0.3 is 9.52 Å². The van der Waals surface area contributed by atoms with Crippen LogP contribution in [0, 0.1) is 12.7 Å². The van der Waals surface area contributed by atoms with Gasteiger partial charge in [-0.3, -0.25) is 0 Å². The highest BCUT2D eigenvalue weighted by molar-refractivity contribution is 5.82. The molecule has 1 unspecified atom stereocenters. The van der Waals surface area contributed by atoms with E-state index in [-0.39, 0.29) is 5.82 Å². The summed E-state index contributed by atoms with van der Waals surface area (Å²) in [5, 5.41) is 11.4. The second kappa shape index (κ2) is 5.10. The Bertz CT molecular complexity index is 728. The maximum atomic E-state index is 12.9. The van der Waals surface area contributed by atoms with Crippen molar-refractivity contribution in [1.82, 2.24) is 0 Å². The van der Waals surface area contributed by atoms with Crippen LogP contribution in [-0.2, 0) is 6.42 Å². The highest BCUT2D eigenvalue weighted by Gasteiger charge is 2.18. The topological polar surface area (TPSA) is 33.4 Å². The second-order valence-electron chi connectivity index (χ2n) is 4.91. The number of para-hydroxylation sites is 1. The van der Waals surface area contributed by atoms with Gasteiger partial charge in [0, 0.05) is 17.4 Å². The number of hydrogen-bond acceptors (Lipinski definition) is 2. The molecule has 0 fully saturated rings. The zero-order valence-corrected chi connectivity index (χ0v) is 11.1. The summed E-state index contributed by atoms with van der Waals surface area (Å²) in [6.07, 6.45) is -0.228. The minimum atomic E-state index is -0.663. The van der Waals surface area contributed by atoms with Crippen LogP contribution in [0.15, 0.2) is 52.9 Å². The molecule has 0 aliphatic heterocycles. The van der Waals surface area contributed by atoms with Crippen molar-refractivity contribution < 1.29 is 13.9 Å². The van der Waals surface area contributed by atoms with Gasteiger partial charge in [0.25, 0.3) is 0 Å². The lowest BCUT2D eigenvalue weighted by Gasteiger charge is -2.10. The molecule has 3 heteroatoms. The van der Waals surface area contributed by atoms with Crippen molar-refractivity contribution >= 4 is 11.0 Å². The summed E-state index contributed by atoms with van der Waals surface area (Å²) in [4.78, 5) is 0. The average Bonchev–Trinajstić information content (AvgIpc) is 2.77. The number of aliphatic hydroxyl groups excluding tert-OH is 1. The number of benzene rings is 2. The van der Waals surface area contributed by atoms with Crippen LogP contribution in [0.3, 0.4) is 0 Å². The monoisotopic (exact) mass is 270 g/mol. The number of halogens is 1. The Morgan fingerprint density at radius 3 is 2.55 bits per heavy atom. The molecule has 3 rings (SSSR count). The van der Waals surface area contributed by atoms with Crippen LogP contribution in [0.1, 0.15) is 23.0 Å². The normalized spacial score (nSPS) is 12.8. The van der Waals surface area contributed by atoms with Crippen LogP contribution >= 0.6 is 0 Å². The van der Waals surface area contributed by atoms with E-state index in [2.05, 4.69) is 0 Å². The summed E-state index contributed by atoms with van der Waals surface area (Å²) in [6.45, 7) is 1.85. The molecule has 2 nitrogen and oxygen atoms in total. The van der Waals surface area contributed by atoms with Crippen molar-refractivity contribution in [1.29, 1.82) is 0 Å². The molecule has 20 heavy (non-hydrogen) atoms. The molecular formula is C17H15FO2. The number of aryl methyl sites for hydroxylation is 1. The van der Waals surface area contributed by atoms with Crippen molar-refractivity contribution in [3.8, 4) is 0 Å². The van der Waals surface area contributed by atoms with Crippen molar-refractivity contribution in [3.63, 3.8) is 0 Å². The predicted octanol–water partition coefficient (Wildman–Crippen LogP) is 4.16. The van der Waals surface area contributed by atoms with Gasteiger partial charge in [0.15, 0.2) is 0 Å². The molecule has 0 radical (unpaired) electrons. The third-order valence-electron chi connectivity index (χ3n) is 3.50. The highest BCUT2D eigenvalue weighted by Crippen LogP contribution is 2.32. The van der Waals surface area contributed by atoms with E-state index in [1.807, 2.05) is 31.2 Å². The second-order valence-corrected chi connectivity index (χ2v) is 4.91. The number of fused-ring (bicyclic) bond motifs is 1. The molecular weight excluding hydrogens is 255 g/mol. The SMILES string of the molecule is Cc1oc2ccccc2c1C(O)Cc1ccc(F)cc1. The van der Waals surface area contributed by atoms with E-state index in [0.29, 0.717) is 6.42 Å². The summed E-state index contributed by atoms with van der Waals surface area (Å²) in [5.41, 5.74) is 2.48. The molecule has 0 amide bonds. The molecule has 0 saturated carbocycles. The first kappa shape index (κ1) is 12.9. The Kier molecular flexibility index (Phi) is 3.28. The number of rotatable bonds is 3. The lowest BCUT2D eigenvalue weighted by Crippen LogP contribution is -2.02. The maximum absolute atomic E-state index is 12.9. The zero-order chi connectivity index (χ0) is 14.1. The van der Waals surface area contributed by atoms with Crippen molar-refractivity contribution in [2.75, 3.05) is 0 Å². The van der Waals surface area contributed by atoms with Gasteiger partial charge in [-0.05, 0) is 30.7 Å². The van der Waals surface area contributed by atoms with Crippen LogP contribution < -0.4 is 0 Å². The Labute approximate surface area is 116 Å². The molecule has 102 valence electrons. The summed E-state index contributed by atoms with van der Waals surface area (Å²) in [5.74, 6) is 0.453. The van der Waals surface area contributed by atoms with E-state index in [4.69, 9.17) is 4.42 Å². The molecule has 1 atom stereocenters. The third kappa shape index (κ3) is 2.32. The summed E-state index contributed by atoms with van der Waals surface area (Å²) in [6, 6.07) is 13.8. The molecule has 2 aromatic carbocycles. The van der Waals surface area contributed by atoms with Gasteiger partial charge in [0.1, 0.15) is 17.2 Å². The first-order valence-electron chi connectivity index (χ1n) is 6.55. The Morgan fingerprint density at radius 1 is 1.10 bits per heavy atom. The fourth-order valence-corrected chi connectivity index (χ4v) is 2.55. The van der Waals surface area contributed by atoms with Crippen molar-refractivity contribution in [3.05, 3.63) is 71.2 Å². The van der Waals surface area contributed by atoms with Crippen LogP contribution in [0.5, 0.6) is 0 Å². The highest BCUT2D eigenvalue weighted by atomic mass is 19.1. The fourth-order valence-electron chi connectivity index (χ4n) is 2.55. The molecule has 0 spiro atoms. The molecule has 1 N–H and O–H groups in total. The smallest absolute Gasteiger partial charge is 0.134 e. The molecule has 1 aromatic heterocycles. The maximum Gasteiger partial charge on any atom is 0.134 e. The van der Waals surface area contributed by atoms with Gasteiger partial charge in [-0.15, -0.1) is 0 Å². The van der Waals surface area contributed by atoms with Gasteiger partial charge in [0.2, 0.25) is 0 Å². The van der Waals surface area contributed by atoms with Gasteiger partial charge in [-0.2, -0.15) is 0 Å². The quantitative estimate of drug-likeness (QED) is 0.775. The first-order chi connectivity index (χ1) is 9.65. The molecule has 0 aliphatic carbocycles. The van der Waals surface area contributed by atoms with E-state index in [1.54, 1.807) is 12.1 Å². The Morgan fingerprint density at radius 2 is 1.80 bits per heavy atom. The lowest BCUT2D eigenvalue weighted by molar-refractivity contribution is 0.177. The number of hydrogen-bond donors (Lipinski definition) is 1. The van der Waals surface area contributed by atoms with Crippen molar-refractivity contribution in [2.45, 2.75) is 19.4 Å². The first-order valence-corrected chi connectivity index (χ1v) is 6.55. The van der Waals surface area contributed by atoms with Gasteiger partial charge in [-0.1, -0.05) is 30.3 Å². The Balaban J connectivity index is 1.94. The van der Waals surface area contributed by atoms with Crippen LogP contribution in [0.25, 0.3) is 11.0 Å². The van der Waals surface area contributed by atoms with Gasteiger partial charge >= 0.3 is 0 Å². The number of aliphatic hydroxyl groups is 1. The van der Waals surface area contributed by atoms with Crippen molar-refractivity contribution in [2.24, 2.45) is 0 Å². The lowest BCUT2D eigenvalue weighted by atomic mass is 9.99. The molecule has 0 bridgehead atoms. The molecule has 0 saturated heterocycles. The van der Waals surface area contributed by atoms with Gasteiger partial charge in [-0.25, -0.2) is 4.39 Å². The standard InChI is InChI=1S/C17H15FO2/c1-11-17(14-4-2-3-5-16(14)20-11)15(19)10-12-6-8-13(18)9-7-12/h2-9,15,19H,10H2,1H3. The zero-order valence-electron chi connectivity index (χ0n) is 11.1. The number of furan rings is 1. The minimum Gasteiger partial charge on any atom is -0.461 e. The summed E-state index contributed by atoms with van der Waals surface area (Å²) in [7, 11) is 0. The van der Waals surface area contributed by atoms with Crippen LogP contribution in [0.2, 0.25) is 0 Å². The third-order valence-corrected chi connectivity index (χ3v) is 3.50.